The van der Waals surface area contributed by atoms with Crippen LogP contribution in [0.2, 0.25) is 0 Å². The van der Waals surface area contributed by atoms with Crippen molar-refractivity contribution in [1.82, 2.24) is 15.8 Å². The van der Waals surface area contributed by atoms with E-state index in [1.807, 2.05) is 38.1 Å². The predicted octanol–water partition coefficient (Wildman–Crippen LogP) is 2.70. The zero-order valence-electron chi connectivity index (χ0n) is 15.7. The second-order valence-corrected chi connectivity index (χ2v) is 5.50. The van der Waals surface area contributed by atoms with Crippen molar-refractivity contribution >= 4 is 29.9 Å². The molecule has 2 N–H and O–H groups in total. The van der Waals surface area contributed by atoms with E-state index in [0.717, 1.165) is 47.4 Å². The fourth-order valence-corrected chi connectivity index (χ4v) is 2.40. The van der Waals surface area contributed by atoms with Crippen LogP contribution in [0.25, 0.3) is 0 Å². The molecule has 26 heavy (non-hydrogen) atoms. The molecule has 0 amide bonds. The Morgan fingerprint density at radius 3 is 2.35 bits per heavy atom. The summed E-state index contributed by atoms with van der Waals surface area (Å²) in [7, 11) is 3.39. The van der Waals surface area contributed by atoms with Crippen LogP contribution < -0.4 is 20.1 Å². The Bertz CT molecular complexity index is 667. The standard InChI is InChI=1S/C18H26N4O3.HI/c1-13-17(14(2)25-22-13)9-10-20-18(19-3)21-11-12-24-16-7-5-15(23-4)6-8-16;/h5-8H,9-12H2,1-4H3,(H2,19,20,21);1H. The number of hydrogen-bond acceptors (Lipinski definition) is 5. The molecule has 2 aromatic rings. The summed E-state index contributed by atoms with van der Waals surface area (Å²) in [6.45, 7) is 5.82. The molecule has 0 aliphatic rings. The summed E-state index contributed by atoms with van der Waals surface area (Å²) in [5.74, 6) is 3.23. The van der Waals surface area contributed by atoms with Crippen LogP contribution >= 0.6 is 24.0 Å². The highest BCUT2D eigenvalue weighted by Gasteiger charge is 2.08. The zero-order valence-corrected chi connectivity index (χ0v) is 18.0. The van der Waals surface area contributed by atoms with Crippen LogP contribution in [0.4, 0.5) is 0 Å². The van der Waals surface area contributed by atoms with Gasteiger partial charge in [-0.05, 0) is 44.5 Å². The molecule has 2 rings (SSSR count). The molecular weight excluding hydrogens is 447 g/mol. The summed E-state index contributed by atoms with van der Waals surface area (Å²) in [4.78, 5) is 4.20. The van der Waals surface area contributed by atoms with E-state index in [9.17, 15) is 0 Å². The van der Waals surface area contributed by atoms with Gasteiger partial charge in [-0.15, -0.1) is 24.0 Å². The topological polar surface area (TPSA) is 80.9 Å². The molecule has 0 radical (unpaired) electrons. The van der Waals surface area contributed by atoms with Crippen molar-refractivity contribution in [2.45, 2.75) is 20.3 Å². The van der Waals surface area contributed by atoms with E-state index < -0.39 is 0 Å². The van der Waals surface area contributed by atoms with E-state index >= 15 is 0 Å². The van der Waals surface area contributed by atoms with Crippen LogP contribution in [0.5, 0.6) is 11.5 Å². The number of nitrogens with one attached hydrogen (secondary N) is 2. The highest BCUT2D eigenvalue weighted by atomic mass is 127. The fraction of sp³-hybridized carbons (Fsp3) is 0.444. The minimum absolute atomic E-state index is 0. The van der Waals surface area contributed by atoms with Gasteiger partial charge in [0.25, 0.3) is 0 Å². The smallest absolute Gasteiger partial charge is 0.191 e. The summed E-state index contributed by atoms with van der Waals surface area (Å²) in [6, 6.07) is 7.51. The number of ether oxygens (including phenoxy) is 2. The Morgan fingerprint density at radius 1 is 1.12 bits per heavy atom. The molecule has 144 valence electrons. The van der Waals surface area contributed by atoms with Gasteiger partial charge in [0, 0.05) is 19.2 Å². The molecule has 1 aromatic heterocycles. The van der Waals surface area contributed by atoms with Gasteiger partial charge in [-0.2, -0.15) is 0 Å². The second kappa shape index (κ2) is 11.6. The Morgan fingerprint density at radius 2 is 1.77 bits per heavy atom. The van der Waals surface area contributed by atoms with Crippen molar-refractivity contribution in [3.63, 3.8) is 0 Å². The van der Waals surface area contributed by atoms with Crippen molar-refractivity contribution in [3.05, 3.63) is 41.3 Å². The third-order valence-electron chi connectivity index (χ3n) is 3.79. The lowest BCUT2D eigenvalue weighted by molar-refractivity contribution is 0.321. The van der Waals surface area contributed by atoms with E-state index in [1.54, 1.807) is 14.2 Å². The summed E-state index contributed by atoms with van der Waals surface area (Å²) in [5.41, 5.74) is 2.08. The highest BCUT2D eigenvalue weighted by Crippen LogP contribution is 2.16. The number of rotatable bonds is 8. The third kappa shape index (κ3) is 6.74. The number of methoxy groups -OCH3 is 1. The molecule has 7 nitrogen and oxygen atoms in total. The molecule has 0 spiro atoms. The summed E-state index contributed by atoms with van der Waals surface area (Å²) in [5, 5.41) is 10.5. The van der Waals surface area contributed by atoms with E-state index in [-0.39, 0.29) is 24.0 Å². The normalized spacial score (nSPS) is 10.8. The summed E-state index contributed by atoms with van der Waals surface area (Å²) < 4.78 is 16.0. The van der Waals surface area contributed by atoms with Crippen LogP contribution in [-0.2, 0) is 6.42 Å². The largest absolute Gasteiger partial charge is 0.497 e. The van der Waals surface area contributed by atoms with E-state index in [2.05, 4.69) is 20.8 Å². The number of nitrogens with zero attached hydrogens (tertiary/aromatic N) is 2. The lowest BCUT2D eigenvalue weighted by atomic mass is 10.1. The van der Waals surface area contributed by atoms with Gasteiger partial charge in [0.2, 0.25) is 0 Å². The number of benzene rings is 1. The maximum atomic E-state index is 5.67. The summed E-state index contributed by atoms with van der Waals surface area (Å²) >= 11 is 0. The van der Waals surface area contributed by atoms with Gasteiger partial charge in [-0.1, -0.05) is 5.16 Å². The predicted molar refractivity (Wildman–Crippen MR) is 113 cm³/mol. The van der Waals surface area contributed by atoms with Crippen LogP contribution in [0.15, 0.2) is 33.8 Å². The van der Waals surface area contributed by atoms with E-state index in [0.29, 0.717) is 13.2 Å². The van der Waals surface area contributed by atoms with Gasteiger partial charge in [-0.3, -0.25) is 4.99 Å². The number of aliphatic imine (C=N–C) groups is 1. The van der Waals surface area contributed by atoms with E-state index in [4.69, 9.17) is 14.0 Å². The average molecular weight is 474 g/mol. The fourth-order valence-electron chi connectivity index (χ4n) is 2.40. The lowest BCUT2D eigenvalue weighted by Crippen LogP contribution is -2.40. The molecule has 0 fully saturated rings. The van der Waals surface area contributed by atoms with Gasteiger partial charge < -0.3 is 24.6 Å². The van der Waals surface area contributed by atoms with Crippen LogP contribution in [-0.4, -0.2) is 45.0 Å². The molecule has 0 bridgehead atoms. The molecule has 8 heteroatoms. The molecule has 0 saturated carbocycles. The van der Waals surface area contributed by atoms with Gasteiger partial charge in [0.1, 0.15) is 23.9 Å². The minimum Gasteiger partial charge on any atom is -0.497 e. The minimum atomic E-state index is 0. The van der Waals surface area contributed by atoms with Gasteiger partial charge in [-0.25, -0.2) is 0 Å². The monoisotopic (exact) mass is 474 g/mol. The Balaban J connectivity index is 0.00000338. The molecule has 0 aliphatic carbocycles. The zero-order chi connectivity index (χ0) is 18.1. The first-order valence-corrected chi connectivity index (χ1v) is 8.27. The molecule has 0 atom stereocenters. The van der Waals surface area contributed by atoms with Crippen LogP contribution in [0.1, 0.15) is 17.0 Å². The maximum Gasteiger partial charge on any atom is 0.191 e. The number of hydrogen-bond donors (Lipinski definition) is 2. The first kappa shape index (κ1) is 22.1. The Labute approximate surface area is 171 Å². The molecular formula is C18H27IN4O3. The van der Waals surface area contributed by atoms with Gasteiger partial charge in [0.05, 0.1) is 19.3 Å². The number of guanidine groups is 1. The maximum absolute atomic E-state index is 5.67. The first-order valence-electron chi connectivity index (χ1n) is 8.27. The molecule has 0 saturated heterocycles. The van der Waals surface area contributed by atoms with Crippen molar-refractivity contribution in [2.24, 2.45) is 4.99 Å². The van der Waals surface area contributed by atoms with Crippen LogP contribution in [0.3, 0.4) is 0 Å². The average Bonchev–Trinajstić information content (AvgIpc) is 2.96. The number of aromatic nitrogens is 1. The summed E-state index contributed by atoms with van der Waals surface area (Å²) in [6.07, 6.45) is 0.838. The number of halogens is 1. The van der Waals surface area contributed by atoms with Crippen molar-refractivity contribution in [1.29, 1.82) is 0 Å². The van der Waals surface area contributed by atoms with Crippen molar-refractivity contribution in [2.75, 3.05) is 33.9 Å². The van der Waals surface area contributed by atoms with Crippen molar-refractivity contribution < 1.29 is 14.0 Å². The second-order valence-electron chi connectivity index (χ2n) is 5.50. The molecule has 0 unspecified atom stereocenters. The number of aryl methyl sites for hydroxylation is 2. The molecule has 1 aromatic carbocycles. The first-order chi connectivity index (χ1) is 12.1. The molecule has 1 heterocycles. The van der Waals surface area contributed by atoms with Gasteiger partial charge in [0.15, 0.2) is 5.96 Å². The van der Waals surface area contributed by atoms with Crippen molar-refractivity contribution in [3.8, 4) is 11.5 Å². The third-order valence-corrected chi connectivity index (χ3v) is 3.79. The highest BCUT2D eigenvalue weighted by molar-refractivity contribution is 14.0. The van der Waals surface area contributed by atoms with Gasteiger partial charge >= 0.3 is 0 Å². The Hall–Kier alpha value is -1.97. The van der Waals surface area contributed by atoms with E-state index in [1.165, 1.54) is 0 Å². The lowest BCUT2D eigenvalue weighted by Gasteiger charge is -2.12. The Kier molecular flexibility index (Phi) is 9.85. The molecule has 0 aliphatic heterocycles. The SMILES string of the molecule is CN=C(NCCOc1ccc(OC)cc1)NCCc1c(C)noc1C.I. The van der Waals surface area contributed by atoms with Crippen LogP contribution in [0, 0.1) is 13.8 Å². The quantitative estimate of drug-likeness (QED) is 0.265.